The maximum Gasteiger partial charge on any atom is 0.0954 e. The molecule has 0 fully saturated rings. The molecule has 3 N–H and O–H groups in total. The zero-order valence-corrected chi connectivity index (χ0v) is 10.6. The van der Waals surface area contributed by atoms with Crippen molar-refractivity contribution in [2.75, 3.05) is 0 Å². The average Bonchev–Trinajstić information content (AvgIpc) is 2.70. The van der Waals surface area contributed by atoms with Crippen LogP contribution in [0.15, 0.2) is 45.7 Å². The second-order valence-electron chi connectivity index (χ2n) is 3.36. The summed E-state index contributed by atoms with van der Waals surface area (Å²) in [5.74, 6) is 5.55. The third-order valence-electron chi connectivity index (χ3n) is 2.26. The van der Waals surface area contributed by atoms with Gasteiger partial charge in [-0.05, 0) is 29.8 Å². The lowest BCUT2D eigenvalue weighted by Gasteiger charge is -2.15. The summed E-state index contributed by atoms with van der Waals surface area (Å²) in [5.41, 5.74) is 4.67. The van der Waals surface area contributed by atoms with Gasteiger partial charge in [0.05, 0.1) is 18.6 Å². The Morgan fingerprint density at radius 3 is 2.69 bits per heavy atom. The summed E-state index contributed by atoms with van der Waals surface area (Å²) in [6.07, 6.45) is 3.26. The van der Waals surface area contributed by atoms with E-state index in [1.165, 1.54) is 0 Å². The zero-order chi connectivity index (χ0) is 11.5. The highest BCUT2D eigenvalue weighted by molar-refractivity contribution is 9.10. The molecule has 0 radical (unpaired) electrons. The van der Waals surface area contributed by atoms with E-state index >= 15 is 0 Å². The van der Waals surface area contributed by atoms with Gasteiger partial charge in [0, 0.05) is 15.1 Å². The highest BCUT2D eigenvalue weighted by Gasteiger charge is 2.14. The van der Waals surface area contributed by atoms with E-state index in [-0.39, 0.29) is 6.04 Å². The van der Waals surface area contributed by atoms with E-state index in [9.17, 15) is 0 Å². The fraction of sp³-hybridized carbons (Fsp3) is 0.0909. The van der Waals surface area contributed by atoms with E-state index in [0.717, 1.165) is 15.6 Å². The first-order valence-corrected chi connectivity index (χ1v) is 5.82. The van der Waals surface area contributed by atoms with E-state index in [2.05, 4.69) is 21.4 Å². The zero-order valence-electron chi connectivity index (χ0n) is 8.28. The van der Waals surface area contributed by atoms with Crippen LogP contribution < -0.4 is 11.3 Å². The molecule has 0 spiro atoms. The standard InChI is InChI=1S/C11H10BrClN2O/c12-9-3-8(4-10(13)5-9)11(15-14)7-1-2-16-6-7/h1-6,11,15H,14H2. The molecule has 1 heterocycles. The van der Waals surface area contributed by atoms with Gasteiger partial charge in [-0.1, -0.05) is 27.5 Å². The molecule has 0 saturated carbocycles. The van der Waals surface area contributed by atoms with Crippen molar-refractivity contribution in [1.82, 2.24) is 5.43 Å². The molecule has 2 aromatic rings. The van der Waals surface area contributed by atoms with E-state index in [1.807, 2.05) is 24.3 Å². The molecule has 1 aromatic carbocycles. The second-order valence-corrected chi connectivity index (χ2v) is 4.71. The number of nitrogens with two attached hydrogens (primary N) is 1. The molecule has 1 atom stereocenters. The van der Waals surface area contributed by atoms with Crippen LogP contribution in [0.2, 0.25) is 5.02 Å². The van der Waals surface area contributed by atoms with E-state index in [1.54, 1.807) is 12.5 Å². The number of hydrogen-bond donors (Lipinski definition) is 2. The number of furan rings is 1. The summed E-state index contributed by atoms with van der Waals surface area (Å²) in [5, 5.41) is 0.660. The Morgan fingerprint density at radius 1 is 1.31 bits per heavy atom. The fourth-order valence-corrected chi connectivity index (χ4v) is 2.45. The van der Waals surface area contributed by atoms with E-state index < -0.39 is 0 Å². The number of hydrogen-bond acceptors (Lipinski definition) is 3. The first-order chi connectivity index (χ1) is 7.70. The van der Waals surface area contributed by atoms with Crippen LogP contribution >= 0.6 is 27.5 Å². The largest absolute Gasteiger partial charge is 0.472 e. The summed E-state index contributed by atoms with van der Waals surface area (Å²) in [6, 6.07) is 7.38. The summed E-state index contributed by atoms with van der Waals surface area (Å²) in [6.45, 7) is 0. The summed E-state index contributed by atoms with van der Waals surface area (Å²) < 4.78 is 5.95. The maximum absolute atomic E-state index is 5.99. The molecule has 84 valence electrons. The number of rotatable bonds is 3. The number of hydrazine groups is 1. The Labute approximate surface area is 107 Å². The van der Waals surface area contributed by atoms with Gasteiger partial charge in [-0.3, -0.25) is 5.84 Å². The van der Waals surface area contributed by atoms with Gasteiger partial charge < -0.3 is 4.42 Å². The smallest absolute Gasteiger partial charge is 0.0954 e. The molecule has 0 saturated heterocycles. The maximum atomic E-state index is 5.99. The molecule has 2 rings (SSSR count). The van der Waals surface area contributed by atoms with Crippen LogP contribution in [-0.4, -0.2) is 0 Å². The van der Waals surface area contributed by atoms with Crippen LogP contribution in [-0.2, 0) is 0 Å². The molecule has 3 nitrogen and oxygen atoms in total. The van der Waals surface area contributed by atoms with Gasteiger partial charge in [0.2, 0.25) is 0 Å². The van der Waals surface area contributed by atoms with Crippen LogP contribution in [0.3, 0.4) is 0 Å². The average molecular weight is 302 g/mol. The SMILES string of the molecule is NNC(c1ccoc1)c1cc(Cl)cc(Br)c1. The van der Waals surface area contributed by atoms with Crippen LogP contribution in [0, 0.1) is 0 Å². The van der Waals surface area contributed by atoms with Crippen molar-refractivity contribution in [3.05, 3.63) is 57.4 Å². The van der Waals surface area contributed by atoms with Crippen molar-refractivity contribution in [2.24, 2.45) is 5.84 Å². The molecule has 1 aromatic heterocycles. The minimum absolute atomic E-state index is 0.131. The molecule has 0 aliphatic rings. The first-order valence-electron chi connectivity index (χ1n) is 4.65. The van der Waals surface area contributed by atoms with E-state index in [4.69, 9.17) is 21.9 Å². The van der Waals surface area contributed by atoms with E-state index in [0.29, 0.717) is 5.02 Å². The van der Waals surface area contributed by atoms with Crippen LogP contribution in [0.5, 0.6) is 0 Å². The first kappa shape index (κ1) is 11.7. The van der Waals surface area contributed by atoms with Crippen molar-refractivity contribution < 1.29 is 4.42 Å². The quantitative estimate of drug-likeness (QED) is 0.676. The summed E-state index contributed by atoms with van der Waals surface area (Å²) in [7, 11) is 0. The van der Waals surface area contributed by atoms with Gasteiger partial charge in [-0.25, -0.2) is 5.43 Å². The molecule has 5 heteroatoms. The van der Waals surface area contributed by atoms with Crippen molar-refractivity contribution in [2.45, 2.75) is 6.04 Å². The predicted molar refractivity (Wildman–Crippen MR) is 67.0 cm³/mol. The number of nitrogens with one attached hydrogen (secondary N) is 1. The molecular weight excluding hydrogens is 291 g/mol. The van der Waals surface area contributed by atoms with Gasteiger partial charge in [-0.2, -0.15) is 0 Å². The second kappa shape index (κ2) is 5.01. The van der Waals surface area contributed by atoms with Crippen LogP contribution in [0.4, 0.5) is 0 Å². The van der Waals surface area contributed by atoms with Crippen molar-refractivity contribution in [3.8, 4) is 0 Å². The normalized spacial score (nSPS) is 12.7. The van der Waals surface area contributed by atoms with Crippen LogP contribution in [0.25, 0.3) is 0 Å². The lowest BCUT2D eigenvalue weighted by atomic mass is 10.0. The third-order valence-corrected chi connectivity index (χ3v) is 2.94. The molecule has 0 aliphatic carbocycles. The topological polar surface area (TPSA) is 51.2 Å². The Morgan fingerprint density at radius 2 is 2.12 bits per heavy atom. The minimum atomic E-state index is -0.131. The highest BCUT2D eigenvalue weighted by Crippen LogP contribution is 2.27. The van der Waals surface area contributed by atoms with Gasteiger partial charge in [0.15, 0.2) is 0 Å². The lowest BCUT2D eigenvalue weighted by molar-refractivity contribution is 0.553. The van der Waals surface area contributed by atoms with Gasteiger partial charge >= 0.3 is 0 Å². The van der Waals surface area contributed by atoms with Gasteiger partial charge in [-0.15, -0.1) is 0 Å². The fourth-order valence-electron chi connectivity index (χ4n) is 1.57. The van der Waals surface area contributed by atoms with Gasteiger partial charge in [0.25, 0.3) is 0 Å². The highest BCUT2D eigenvalue weighted by atomic mass is 79.9. The Balaban J connectivity index is 2.41. The Bertz CT molecular complexity index is 453. The molecule has 0 aliphatic heterocycles. The predicted octanol–water partition coefficient (Wildman–Crippen LogP) is 3.25. The molecule has 16 heavy (non-hydrogen) atoms. The lowest BCUT2D eigenvalue weighted by Crippen LogP contribution is -2.28. The number of halogens is 2. The monoisotopic (exact) mass is 300 g/mol. The number of benzene rings is 1. The summed E-state index contributed by atoms with van der Waals surface area (Å²) >= 11 is 9.39. The minimum Gasteiger partial charge on any atom is -0.472 e. The third kappa shape index (κ3) is 2.47. The van der Waals surface area contributed by atoms with Crippen LogP contribution in [0.1, 0.15) is 17.2 Å². The summed E-state index contributed by atoms with van der Waals surface area (Å²) in [4.78, 5) is 0. The molecule has 1 unspecified atom stereocenters. The molecule has 0 amide bonds. The van der Waals surface area contributed by atoms with Crippen molar-refractivity contribution in [1.29, 1.82) is 0 Å². The Hall–Kier alpha value is -0.810. The molecule has 0 bridgehead atoms. The van der Waals surface area contributed by atoms with Gasteiger partial charge in [0.1, 0.15) is 0 Å². The van der Waals surface area contributed by atoms with Crippen molar-refractivity contribution in [3.63, 3.8) is 0 Å². The Kier molecular flexibility index (Phi) is 3.66. The molecular formula is C11H10BrClN2O. The van der Waals surface area contributed by atoms with Crippen molar-refractivity contribution >= 4 is 27.5 Å².